The number of amides is 1. The van der Waals surface area contributed by atoms with Crippen molar-refractivity contribution < 1.29 is 24.2 Å². The van der Waals surface area contributed by atoms with Gasteiger partial charge < -0.3 is 14.6 Å². The molecule has 0 spiro atoms. The van der Waals surface area contributed by atoms with Crippen LogP contribution >= 0.6 is 11.3 Å². The fraction of sp³-hybridized carbons (Fsp3) is 0.207. The minimum atomic E-state index is -0.833. The predicted octanol–water partition coefficient (Wildman–Crippen LogP) is 5.56. The van der Waals surface area contributed by atoms with Crippen molar-refractivity contribution in [2.24, 2.45) is 0 Å². The number of carbonyl (C=O) groups is 2. The van der Waals surface area contributed by atoms with Gasteiger partial charge in [-0.05, 0) is 60.4 Å². The molecule has 37 heavy (non-hydrogen) atoms. The molecule has 1 aromatic heterocycles. The zero-order valence-corrected chi connectivity index (χ0v) is 21.2. The first-order valence-electron chi connectivity index (χ1n) is 12.1. The van der Waals surface area contributed by atoms with Gasteiger partial charge in [-0.3, -0.25) is 14.5 Å². The van der Waals surface area contributed by atoms with Crippen LogP contribution in [0.15, 0.2) is 66.2 Å². The van der Waals surface area contributed by atoms with E-state index in [9.17, 15) is 14.7 Å². The topological polar surface area (TPSA) is 89.0 Å². The van der Waals surface area contributed by atoms with Gasteiger partial charge in [0.25, 0.3) is 5.78 Å². The predicted molar refractivity (Wildman–Crippen MR) is 142 cm³/mol. The van der Waals surface area contributed by atoms with Crippen molar-refractivity contribution in [1.82, 2.24) is 4.98 Å². The Morgan fingerprint density at radius 2 is 1.78 bits per heavy atom. The normalized spacial score (nSPS) is 18.5. The van der Waals surface area contributed by atoms with Crippen LogP contribution in [0.2, 0.25) is 0 Å². The number of ketones is 1. The number of anilines is 1. The smallest absolute Gasteiger partial charge is 0.301 e. The molecule has 1 fully saturated rings. The van der Waals surface area contributed by atoms with E-state index in [-0.39, 0.29) is 11.3 Å². The molecule has 4 aromatic rings. The molecule has 1 N–H and O–H groups in total. The monoisotopic (exact) mass is 512 g/mol. The molecule has 1 atom stereocenters. The van der Waals surface area contributed by atoms with Crippen LogP contribution in [-0.2, 0) is 16.0 Å². The molecular formula is C29H24N2O5S. The number of nitrogens with zero attached hydrogens (tertiary/aromatic N) is 2. The summed E-state index contributed by atoms with van der Waals surface area (Å²) >= 11 is 1.35. The second kappa shape index (κ2) is 9.05. The van der Waals surface area contributed by atoms with Gasteiger partial charge in [-0.2, -0.15) is 0 Å². The largest absolute Gasteiger partial charge is 0.507 e. The highest BCUT2D eigenvalue weighted by atomic mass is 32.1. The Hall–Kier alpha value is -4.17. The highest BCUT2D eigenvalue weighted by Gasteiger charge is 2.48. The average molecular weight is 513 g/mol. The van der Waals surface area contributed by atoms with E-state index in [1.165, 1.54) is 16.2 Å². The lowest BCUT2D eigenvalue weighted by atomic mass is 9.94. The van der Waals surface area contributed by atoms with E-state index in [1.54, 1.807) is 18.2 Å². The van der Waals surface area contributed by atoms with Crippen LogP contribution in [0.3, 0.4) is 0 Å². The van der Waals surface area contributed by atoms with E-state index >= 15 is 0 Å². The number of rotatable bonds is 4. The van der Waals surface area contributed by atoms with E-state index in [0.29, 0.717) is 41.0 Å². The SMILES string of the molecule is CCc1ccc([C@H]2/C(=C(\O)c3ccc4c(c3)OCCO4)C(=O)C(=O)N2c2nc3ccc(C)cc3s2)cc1. The molecular weight excluding hydrogens is 488 g/mol. The van der Waals surface area contributed by atoms with Gasteiger partial charge in [-0.1, -0.05) is 48.6 Å². The molecule has 3 aromatic carbocycles. The number of aromatic nitrogens is 1. The van der Waals surface area contributed by atoms with Crippen molar-refractivity contribution in [3.05, 3.63) is 88.5 Å². The fourth-order valence-electron chi connectivity index (χ4n) is 4.75. The van der Waals surface area contributed by atoms with Crippen molar-refractivity contribution >= 4 is 44.1 Å². The second-order valence-electron chi connectivity index (χ2n) is 9.09. The summed E-state index contributed by atoms with van der Waals surface area (Å²) in [5, 5.41) is 11.9. The lowest BCUT2D eigenvalue weighted by Gasteiger charge is -2.23. The molecule has 8 heteroatoms. The molecule has 0 unspecified atom stereocenters. The van der Waals surface area contributed by atoms with Crippen molar-refractivity contribution in [3.8, 4) is 11.5 Å². The van der Waals surface area contributed by atoms with Gasteiger partial charge in [0.2, 0.25) is 0 Å². The van der Waals surface area contributed by atoms with Crippen LogP contribution in [0.4, 0.5) is 5.13 Å². The van der Waals surface area contributed by atoms with Crippen molar-refractivity contribution in [3.63, 3.8) is 0 Å². The van der Waals surface area contributed by atoms with E-state index in [4.69, 9.17) is 9.47 Å². The molecule has 0 radical (unpaired) electrons. The molecule has 186 valence electrons. The van der Waals surface area contributed by atoms with Gasteiger partial charge in [0.05, 0.1) is 21.8 Å². The lowest BCUT2D eigenvalue weighted by Crippen LogP contribution is -2.29. The maximum absolute atomic E-state index is 13.5. The Morgan fingerprint density at radius 3 is 2.54 bits per heavy atom. The van der Waals surface area contributed by atoms with Crippen LogP contribution in [0.25, 0.3) is 16.0 Å². The number of ether oxygens (including phenoxy) is 2. The third-order valence-corrected chi connectivity index (χ3v) is 7.72. The number of carbonyl (C=O) groups excluding carboxylic acids is 2. The maximum atomic E-state index is 13.5. The number of aryl methyl sites for hydroxylation is 2. The molecule has 2 aliphatic heterocycles. The Labute approximate surface area is 217 Å². The molecule has 0 aliphatic carbocycles. The highest BCUT2D eigenvalue weighted by Crippen LogP contribution is 2.45. The molecule has 1 amide bonds. The molecule has 2 aliphatic rings. The first-order valence-corrected chi connectivity index (χ1v) is 12.9. The molecule has 3 heterocycles. The van der Waals surface area contributed by atoms with Gasteiger partial charge in [-0.25, -0.2) is 4.98 Å². The minimum absolute atomic E-state index is 0.0152. The number of benzene rings is 3. The molecule has 6 rings (SSSR count). The third-order valence-electron chi connectivity index (χ3n) is 6.70. The summed E-state index contributed by atoms with van der Waals surface area (Å²) in [6.07, 6.45) is 0.856. The van der Waals surface area contributed by atoms with Gasteiger partial charge >= 0.3 is 5.91 Å². The number of hydrogen-bond acceptors (Lipinski definition) is 7. The molecule has 1 saturated heterocycles. The minimum Gasteiger partial charge on any atom is -0.507 e. The fourth-order valence-corrected chi connectivity index (χ4v) is 5.84. The first kappa shape index (κ1) is 23.2. The second-order valence-corrected chi connectivity index (χ2v) is 10.1. The summed E-state index contributed by atoms with van der Waals surface area (Å²) in [5.74, 6) is -0.694. The first-order chi connectivity index (χ1) is 17.9. The average Bonchev–Trinajstić information content (AvgIpc) is 3.45. The van der Waals surface area contributed by atoms with Crippen LogP contribution in [0.1, 0.15) is 35.2 Å². The zero-order chi connectivity index (χ0) is 25.7. The summed E-state index contributed by atoms with van der Waals surface area (Å²) in [4.78, 5) is 33.1. The lowest BCUT2D eigenvalue weighted by molar-refractivity contribution is -0.132. The van der Waals surface area contributed by atoms with Gasteiger partial charge in [0, 0.05) is 5.56 Å². The number of fused-ring (bicyclic) bond motifs is 2. The third kappa shape index (κ3) is 3.94. The number of hydrogen-bond donors (Lipinski definition) is 1. The zero-order valence-electron chi connectivity index (χ0n) is 20.4. The Morgan fingerprint density at radius 1 is 1.03 bits per heavy atom. The Bertz CT molecular complexity index is 1590. The Kier molecular flexibility index (Phi) is 5.68. The van der Waals surface area contributed by atoms with E-state index < -0.39 is 17.7 Å². The van der Waals surface area contributed by atoms with E-state index in [1.807, 2.05) is 49.4 Å². The van der Waals surface area contributed by atoms with Crippen LogP contribution < -0.4 is 14.4 Å². The van der Waals surface area contributed by atoms with Crippen molar-refractivity contribution in [2.75, 3.05) is 18.1 Å². The molecule has 0 bridgehead atoms. The number of aliphatic hydroxyl groups excluding tert-OH is 1. The van der Waals surface area contributed by atoms with Gasteiger partial charge in [0.1, 0.15) is 19.0 Å². The number of thiazole rings is 1. The quantitative estimate of drug-likeness (QED) is 0.219. The summed E-state index contributed by atoms with van der Waals surface area (Å²) in [7, 11) is 0. The van der Waals surface area contributed by atoms with E-state index in [2.05, 4.69) is 11.9 Å². The summed E-state index contributed by atoms with van der Waals surface area (Å²) < 4.78 is 12.2. The van der Waals surface area contributed by atoms with Crippen molar-refractivity contribution in [1.29, 1.82) is 0 Å². The number of Topliss-reactive ketones (excluding diaryl/α,β-unsaturated/α-hetero) is 1. The standard InChI is InChI=1S/C29H24N2O5S/c1-3-17-5-7-18(8-6-17)25-24(26(32)19-9-11-21-22(15-19)36-13-12-35-21)27(33)28(34)31(25)29-30-20-10-4-16(2)14-23(20)37-29/h4-11,14-15,25,32H,3,12-13H2,1-2H3/b26-24+/t25-/m0/s1. The maximum Gasteiger partial charge on any atom is 0.301 e. The van der Waals surface area contributed by atoms with Crippen LogP contribution in [0.5, 0.6) is 11.5 Å². The Balaban J connectivity index is 1.53. The molecule has 7 nitrogen and oxygen atoms in total. The van der Waals surface area contributed by atoms with Crippen LogP contribution in [-0.4, -0.2) is 35.0 Å². The molecule has 0 saturated carbocycles. The van der Waals surface area contributed by atoms with Crippen molar-refractivity contribution in [2.45, 2.75) is 26.3 Å². The van der Waals surface area contributed by atoms with Crippen LogP contribution in [0, 0.1) is 6.92 Å². The highest BCUT2D eigenvalue weighted by molar-refractivity contribution is 7.22. The van der Waals surface area contributed by atoms with E-state index in [0.717, 1.165) is 27.8 Å². The number of aliphatic hydroxyl groups is 1. The summed E-state index contributed by atoms with van der Waals surface area (Å²) in [6, 6.07) is 17.8. The summed E-state index contributed by atoms with van der Waals surface area (Å²) in [6.45, 7) is 4.89. The van der Waals surface area contributed by atoms with Gasteiger partial charge in [-0.15, -0.1) is 0 Å². The van der Waals surface area contributed by atoms with Gasteiger partial charge in [0.15, 0.2) is 16.6 Å². The summed E-state index contributed by atoms with van der Waals surface area (Å²) in [5.41, 5.74) is 4.06.